The zero-order valence-corrected chi connectivity index (χ0v) is 11.9. The number of para-hydroxylation sites is 1. The summed E-state index contributed by atoms with van der Waals surface area (Å²) in [4.78, 5) is 12.4. The van der Waals surface area contributed by atoms with E-state index in [1.807, 2.05) is 44.2 Å². The van der Waals surface area contributed by atoms with Gasteiger partial charge in [-0.1, -0.05) is 35.9 Å². The van der Waals surface area contributed by atoms with Crippen molar-refractivity contribution in [1.29, 1.82) is 5.26 Å². The first-order valence-corrected chi connectivity index (χ1v) is 6.74. The molecule has 1 aliphatic heterocycles. The molecule has 21 heavy (non-hydrogen) atoms. The Labute approximate surface area is 123 Å². The Morgan fingerprint density at radius 1 is 1.19 bits per heavy atom. The fourth-order valence-electron chi connectivity index (χ4n) is 2.68. The van der Waals surface area contributed by atoms with Crippen LogP contribution in [0.2, 0.25) is 0 Å². The summed E-state index contributed by atoms with van der Waals surface area (Å²) >= 11 is 0. The van der Waals surface area contributed by atoms with Crippen LogP contribution in [0.3, 0.4) is 0 Å². The zero-order valence-electron chi connectivity index (χ0n) is 11.9. The SMILES string of the molecule is Cc1ccc(N[C@]2(C#N)C(=O)Nc3ccccc32)c(C)c1. The van der Waals surface area contributed by atoms with Crippen molar-refractivity contribution >= 4 is 17.3 Å². The van der Waals surface area contributed by atoms with Crippen LogP contribution in [-0.4, -0.2) is 5.91 Å². The number of nitrogens with one attached hydrogen (secondary N) is 2. The number of anilines is 2. The number of rotatable bonds is 2. The highest BCUT2D eigenvalue weighted by Crippen LogP contribution is 2.38. The molecule has 0 bridgehead atoms. The lowest BCUT2D eigenvalue weighted by molar-refractivity contribution is -0.118. The molecule has 0 aromatic heterocycles. The van der Waals surface area contributed by atoms with E-state index < -0.39 is 5.54 Å². The lowest BCUT2D eigenvalue weighted by Crippen LogP contribution is -2.41. The van der Waals surface area contributed by atoms with Crippen molar-refractivity contribution in [1.82, 2.24) is 0 Å². The summed E-state index contributed by atoms with van der Waals surface area (Å²) in [6.07, 6.45) is 0. The summed E-state index contributed by atoms with van der Waals surface area (Å²) in [5, 5.41) is 15.6. The van der Waals surface area contributed by atoms with Crippen LogP contribution in [0.5, 0.6) is 0 Å². The first kappa shape index (κ1) is 13.2. The van der Waals surface area contributed by atoms with Crippen molar-refractivity contribution in [3.05, 3.63) is 59.2 Å². The summed E-state index contributed by atoms with van der Waals surface area (Å²) < 4.78 is 0. The van der Waals surface area contributed by atoms with Crippen LogP contribution in [0.25, 0.3) is 0 Å². The first-order chi connectivity index (χ1) is 10.1. The fraction of sp³-hybridized carbons (Fsp3) is 0.176. The maximum atomic E-state index is 12.4. The Bertz CT molecular complexity index is 776. The largest absolute Gasteiger partial charge is 0.356 e. The van der Waals surface area contributed by atoms with Crippen LogP contribution < -0.4 is 10.6 Å². The van der Waals surface area contributed by atoms with Gasteiger partial charge in [0.25, 0.3) is 5.91 Å². The number of amides is 1. The highest BCUT2D eigenvalue weighted by molar-refractivity contribution is 6.10. The van der Waals surface area contributed by atoms with E-state index in [9.17, 15) is 10.1 Å². The third-order valence-electron chi connectivity index (χ3n) is 3.79. The fourth-order valence-corrected chi connectivity index (χ4v) is 2.68. The highest BCUT2D eigenvalue weighted by atomic mass is 16.2. The Morgan fingerprint density at radius 2 is 1.95 bits per heavy atom. The molecule has 1 aliphatic rings. The average molecular weight is 277 g/mol. The van der Waals surface area contributed by atoms with Crippen LogP contribution in [0.4, 0.5) is 11.4 Å². The number of carbonyl (C=O) groups is 1. The Balaban J connectivity index is 2.10. The summed E-state index contributed by atoms with van der Waals surface area (Å²) in [6, 6.07) is 15.3. The Morgan fingerprint density at radius 3 is 2.67 bits per heavy atom. The number of hydrogen-bond donors (Lipinski definition) is 2. The maximum absolute atomic E-state index is 12.4. The van der Waals surface area contributed by atoms with E-state index in [0.717, 1.165) is 16.8 Å². The van der Waals surface area contributed by atoms with Gasteiger partial charge in [-0.15, -0.1) is 0 Å². The minimum absolute atomic E-state index is 0.342. The molecule has 0 saturated heterocycles. The van der Waals surface area contributed by atoms with Gasteiger partial charge in [-0.05, 0) is 31.5 Å². The van der Waals surface area contributed by atoms with Crippen molar-refractivity contribution in [2.45, 2.75) is 19.4 Å². The van der Waals surface area contributed by atoms with Crippen molar-refractivity contribution in [2.75, 3.05) is 10.6 Å². The molecule has 1 amide bonds. The maximum Gasteiger partial charge on any atom is 0.269 e. The summed E-state index contributed by atoms with van der Waals surface area (Å²) in [5.74, 6) is -0.342. The van der Waals surface area contributed by atoms with Crippen molar-refractivity contribution < 1.29 is 4.79 Å². The highest BCUT2D eigenvalue weighted by Gasteiger charge is 2.47. The third-order valence-corrected chi connectivity index (χ3v) is 3.79. The molecule has 4 nitrogen and oxygen atoms in total. The molecular formula is C17H15N3O. The van der Waals surface area contributed by atoms with Gasteiger partial charge in [0.2, 0.25) is 5.54 Å². The van der Waals surface area contributed by atoms with E-state index in [2.05, 4.69) is 16.7 Å². The minimum Gasteiger partial charge on any atom is -0.356 e. The van der Waals surface area contributed by atoms with Gasteiger partial charge in [-0.3, -0.25) is 4.79 Å². The predicted molar refractivity (Wildman–Crippen MR) is 81.9 cm³/mol. The Hall–Kier alpha value is -2.80. The molecule has 4 heteroatoms. The number of nitrogens with zero attached hydrogens (tertiary/aromatic N) is 1. The van der Waals surface area contributed by atoms with E-state index >= 15 is 0 Å². The van der Waals surface area contributed by atoms with Gasteiger partial charge < -0.3 is 10.6 Å². The average Bonchev–Trinajstić information content (AvgIpc) is 2.75. The molecule has 0 fully saturated rings. The number of nitriles is 1. The monoisotopic (exact) mass is 277 g/mol. The summed E-state index contributed by atoms with van der Waals surface area (Å²) in [7, 11) is 0. The van der Waals surface area contributed by atoms with Gasteiger partial charge >= 0.3 is 0 Å². The van der Waals surface area contributed by atoms with E-state index in [1.54, 1.807) is 12.1 Å². The van der Waals surface area contributed by atoms with Gasteiger partial charge in [0.05, 0.1) is 0 Å². The molecule has 2 N–H and O–H groups in total. The van der Waals surface area contributed by atoms with Crippen LogP contribution in [0.15, 0.2) is 42.5 Å². The zero-order chi connectivity index (χ0) is 15.0. The van der Waals surface area contributed by atoms with Crippen molar-refractivity contribution in [3.63, 3.8) is 0 Å². The van der Waals surface area contributed by atoms with Gasteiger partial charge in [0.15, 0.2) is 0 Å². The number of benzene rings is 2. The molecule has 3 rings (SSSR count). The third kappa shape index (κ3) is 1.95. The predicted octanol–water partition coefficient (Wildman–Crippen LogP) is 3.09. The molecule has 1 heterocycles. The van der Waals surface area contributed by atoms with Crippen molar-refractivity contribution in [3.8, 4) is 6.07 Å². The van der Waals surface area contributed by atoms with Gasteiger partial charge in [0.1, 0.15) is 6.07 Å². The van der Waals surface area contributed by atoms with Gasteiger partial charge in [-0.2, -0.15) is 5.26 Å². The molecule has 0 unspecified atom stereocenters. The molecule has 104 valence electrons. The summed E-state index contributed by atoms with van der Waals surface area (Å²) in [5.41, 5.74) is 2.89. The summed E-state index contributed by atoms with van der Waals surface area (Å²) in [6.45, 7) is 3.97. The van der Waals surface area contributed by atoms with Gasteiger partial charge in [0, 0.05) is 16.9 Å². The number of hydrogen-bond acceptors (Lipinski definition) is 3. The van der Waals surface area contributed by atoms with E-state index in [0.29, 0.717) is 11.3 Å². The smallest absolute Gasteiger partial charge is 0.269 e. The van der Waals surface area contributed by atoms with Crippen LogP contribution in [0, 0.1) is 25.2 Å². The lowest BCUT2D eigenvalue weighted by Gasteiger charge is -2.23. The van der Waals surface area contributed by atoms with Crippen LogP contribution in [-0.2, 0) is 10.3 Å². The standard InChI is InChI=1S/C17H15N3O/c1-11-7-8-14(12(2)9-11)20-17(10-18)13-5-3-4-6-15(13)19-16(17)21/h3-9,20H,1-2H3,(H,19,21)/t17-/m0/s1. The molecule has 0 radical (unpaired) electrons. The number of aryl methyl sites for hydroxylation is 2. The molecule has 1 atom stereocenters. The molecule has 0 aliphatic carbocycles. The first-order valence-electron chi connectivity index (χ1n) is 6.74. The number of fused-ring (bicyclic) bond motifs is 1. The molecule has 0 spiro atoms. The van der Waals surface area contributed by atoms with Crippen molar-refractivity contribution in [2.24, 2.45) is 0 Å². The normalized spacial score (nSPS) is 19.6. The second-order valence-corrected chi connectivity index (χ2v) is 5.30. The lowest BCUT2D eigenvalue weighted by atomic mass is 9.92. The second kappa shape index (κ2) is 4.64. The van der Waals surface area contributed by atoms with E-state index in [1.165, 1.54) is 0 Å². The number of carbonyl (C=O) groups excluding carboxylic acids is 1. The molecular weight excluding hydrogens is 262 g/mol. The van der Waals surface area contributed by atoms with E-state index in [-0.39, 0.29) is 5.91 Å². The molecule has 2 aromatic carbocycles. The topological polar surface area (TPSA) is 64.9 Å². The molecule has 2 aromatic rings. The minimum atomic E-state index is -1.38. The van der Waals surface area contributed by atoms with Crippen LogP contribution in [0.1, 0.15) is 16.7 Å². The Kier molecular flexibility index (Phi) is 2.91. The van der Waals surface area contributed by atoms with Gasteiger partial charge in [-0.25, -0.2) is 0 Å². The second-order valence-electron chi connectivity index (χ2n) is 5.30. The quantitative estimate of drug-likeness (QED) is 0.886. The van der Waals surface area contributed by atoms with E-state index in [4.69, 9.17) is 0 Å². The van der Waals surface area contributed by atoms with Crippen LogP contribution >= 0.6 is 0 Å². The molecule has 0 saturated carbocycles.